The van der Waals surface area contributed by atoms with Crippen molar-refractivity contribution in [3.05, 3.63) is 0 Å². The molecule has 0 aromatic heterocycles. The molecule has 4 N–H and O–H groups in total. The Labute approximate surface area is 91.2 Å². The highest BCUT2D eigenvalue weighted by Gasteiger charge is 2.57. The number of aliphatic hydroxyl groups is 3. The van der Waals surface area contributed by atoms with Crippen molar-refractivity contribution in [1.29, 1.82) is 0 Å². The summed E-state index contributed by atoms with van der Waals surface area (Å²) >= 11 is 0. The van der Waals surface area contributed by atoms with Gasteiger partial charge in [-0.2, -0.15) is 0 Å². The van der Waals surface area contributed by atoms with Crippen LogP contribution in [0.2, 0.25) is 0 Å². The first-order valence-corrected chi connectivity index (χ1v) is 5.04. The summed E-state index contributed by atoms with van der Waals surface area (Å²) in [6.07, 6.45) is -3.93. The lowest BCUT2D eigenvalue weighted by molar-refractivity contribution is -0.365. The van der Waals surface area contributed by atoms with Crippen molar-refractivity contribution in [3.8, 4) is 0 Å². The first kappa shape index (κ1) is 11.7. The molecule has 0 amide bonds. The quantitative estimate of drug-likeness (QED) is 0.439. The van der Waals surface area contributed by atoms with E-state index in [0.29, 0.717) is 0 Å². The summed E-state index contributed by atoms with van der Waals surface area (Å²) in [4.78, 5) is 11.1. The van der Waals surface area contributed by atoms with Crippen LogP contribution in [0.25, 0.3) is 0 Å². The largest absolute Gasteiger partial charge is 0.477 e. The molecule has 0 aromatic rings. The first-order valence-electron chi connectivity index (χ1n) is 5.04. The van der Waals surface area contributed by atoms with Crippen molar-refractivity contribution in [2.24, 2.45) is 0 Å². The molecule has 0 aromatic carbocycles. The third-order valence-electron chi connectivity index (χ3n) is 2.96. The first-order chi connectivity index (χ1) is 7.48. The summed E-state index contributed by atoms with van der Waals surface area (Å²) in [5, 5.41) is 37.2. The Bertz CT molecular complexity index is 294. The van der Waals surface area contributed by atoms with Gasteiger partial charge in [-0.05, 0) is 0 Å². The van der Waals surface area contributed by atoms with Crippen LogP contribution in [0.4, 0.5) is 0 Å². The highest BCUT2D eigenvalue weighted by Crippen LogP contribution is 2.38. The lowest BCUT2D eigenvalue weighted by Gasteiger charge is -2.48. The number of aliphatic carboxylic acids is 1. The van der Waals surface area contributed by atoms with Crippen molar-refractivity contribution in [2.45, 2.75) is 43.0 Å². The summed E-state index contributed by atoms with van der Waals surface area (Å²) in [6.45, 7) is -0.494. The summed E-state index contributed by atoms with van der Waals surface area (Å²) < 4.78 is 10.2. The van der Waals surface area contributed by atoms with Gasteiger partial charge < -0.3 is 29.9 Å². The lowest BCUT2D eigenvalue weighted by atomic mass is 9.90. The van der Waals surface area contributed by atoms with E-state index >= 15 is 0 Å². The molecule has 7 heteroatoms. The van der Waals surface area contributed by atoms with Crippen LogP contribution in [-0.4, -0.2) is 63.2 Å². The number of rotatable bonds is 2. The van der Waals surface area contributed by atoms with Gasteiger partial charge in [0.05, 0.1) is 18.8 Å². The van der Waals surface area contributed by atoms with Gasteiger partial charge in [-0.15, -0.1) is 0 Å². The molecule has 0 aliphatic carbocycles. The molecule has 2 aliphatic rings. The molecule has 2 heterocycles. The number of hydrogen-bond acceptors (Lipinski definition) is 6. The lowest BCUT2D eigenvalue weighted by Crippen LogP contribution is -2.65. The van der Waals surface area contributed by atoms with Crippen LogP contribution < -0.4 is 0 Å². The highest BCUT2D eigenvalue weighted by atomic mass is 16.7. The fourth-order valence-corrected chi connectivity index (χ4v) is 2.17. The maximum atomic E-state index is 11.1. The zero-order valence-corrected chi connectivity index (χ0v) is 8.44. The van der Waals surface area contributed by atoms with Gasteiger partial charge in [0.15, 0.2) is 0 Å². The molecule has 16 heavy (non-hydrogen) atoms. The van der Waals surface area contributed by atoms with E-state index in [4.69, 9.17) is 19.7 Å². The van der Waals surface area contributed by atoms with Gasteiger partial charge in [-0.1, -0.05) is 0 Å². The number of carbonyl (C=O) groups is 1. The van der Waals surface area contributed by atoms with Crippen LogP contribution in [0.5, 0.6) is 0 Å². The molecule has 2 rings (SSSR count). The Morgan fingerprint density at radius 2 is 2.06 bits per heavy atom. The van der Waals surface area contributed by atoms with E-state index < -0.39 is 42.8 Å². The summed E-state index contributed by atoms with van der Waals surface area (Å²) in [7, 11) is 0. The minimum Gasteiger partial charge on any atom is -0.477 e. The predicted octanol–water partition coefficient (Wildman–Crippen LogP) is -1.94. The van der Waals surface area contributed by atoms with Gasteiger partial charge in [-0.3, -0.25) is 0 Å². The van der Waals surface area contributed by atoms with E-state index in [0.717, 1.165) is 0 Å². The molecule has 2 fully saturated rings. The zero-order chi connectivity index (χ0) is 11.9. The monoisotopic (exact) mass is 234 g/mol. The van der Waals surface area contributed by atoms with E-state index in [1.54, 1.807) is 0 Å². The van der Waals surface area contributed by atoms with E-state index in [9.17, 15) is 15.0 Å². The molecule has 0 radical (unpaired) electrons. The third kappa shape index (κ3) is 1.70. The van der Waals surface area contributed by atoms with E-state index in [1.165, 1.54) is 0 Å². The van der Waals surface area contributed by atoms with Gasteiger partial charge >= 0.3 is 5.97 Å². The van der Waals surface area contributed by atoms with Gasteiger partial charge in [0.1, 0.15) is 12.2 Å². The molecule has 0 unspecified atom stereocenters. The number of carboxylic acids is 1. The van der Waals surface area contributed by atoms with Crippen LogP contribution in [0.3, 0.4) is 0 Å². The standard InChI is InChI=1S/C9H14O7/c10-3-6-7(12)5-1-4(11)2-9(15-5,16-6)8(13)14/h4-7,10-12H,1-3H2,(H,13,14)/t4-,5-,6-,7+,9+/m1/s1. The van der Waals surface area contributed by atoms with Crippen LogP contribution in [0.15, 0.2) is 0 Å². The summed E-state index contributed by atoms with van der Waals surface area (Å²) in [5.74, 6) is -3.31. The Morgan fingerprint density at radius 3 is 2.62 bits per heavy atom. The van der Waals surface area contributed by atoms with Crippen molar-refractivity contribution in [1.82, 2.24) is 0 Å². The fourth-order valence-electron chi connectivity index (χ4n) is 2.17. The number of hydrogen-bond donors (Lipinski definition) is 4. The van der Waals surface area contributed by atoms with Crippen molar-refractivity contribution >= 4 is 5.97 Å². The molecule has 2 saturated heterocycles. The molecular formula is C9H14O7. The van der Waals surface area contributed by atoms with Crippen LogP contribution in [0, 0.1) is 0 Å². The second kappa shape index (κ2) is 3.94. The second-order valence-corrected chi connectivity index (χ2v) is 4.14. The minimum atomic E-state index is -1.95. The smallest absolute Gasteiger partial charge is 0.364 e. The van der Waals surface area contributed by atoms with E-state index in [2.05, 4.69) is 0 Å². The molecule has 0 spiro atoms. The van der Waals surface area contributed by atoms with Crippen LogP contribution in [0.1, 0.15) is 12.8 Å². The van der Waals surface area contributed by atoms with Gasteiger partial charge in [0.25, 0.3) is 5.79 Å². The Kier molecular flexibility index (Phi) is 2.89. The Balaban J connectivity index is 2.27. The molecule has 5 atom stereocenters. The molecule has 0 saturated carbocycles. The fraction of sp³-hybridized carbons (Fsp3) is 0.889. The number of fused-ring (bicyclic) bond motifs is 2. The number of ether oxygens (including phenoxy) is 2. The van der Waals surface area contributed by atoms with Crippen LogP contribution >= 0.6 is 0 Å². The molecule has 92 valence electrons. The Morgan fingerprint density at radius 1 is 1.38 bits per heavy atom. The molecule has 2 aliphatic heterocycles. The van der Waals surface area contributed by atoms with Crippen molar-refractivity contribution in [3.63, 3.8) is 0 Å². The number of aliphatic hydroxyl groups excluding tert-OH is 3. The number of carboxylic acid groups (broad SMARTS) is 1. The summed E-state index contributed by atoms with van der Waals surface area (Å²) in [6, 6.07) is 0. The maximum Gasteiger partial charge on any atom is 0.364 e. The highest BCUT2D eigenvalue weighted by molar-refractivity contribution is 5.76. The van der Waals surface area contributed by atoms with Crippen LogP contribution in [-0.2, 0) is 14.3 Å². The third-order valence-corrected chi connectivity index (χ3v) is 2.96. The Hall–Kier alpha value is -0.730. The second-order valence-electron chi connectivity index (χ2n) is 4.14. The summed E-state index contributed by atoms with van der Waals surface area (Å²) in [5.41, 5.74) is 0. The van der Waals surface area contributed by atoms with Crippen molar-refractivity contribution in [2.75, 3.05) is 6.61 Å². The minimum absolute atomic E-state index is 0.135. The molecular weight excluding hydrogens is 220 g/mol. The zero-order valence-electron chi connectivity index (χ0n) is 8.44. The molecule has 2 bridgehead atoms. The maximum absolute atomic E-state index is 11.1. The average molecular weight is 234 g/mol. The predicted molar refractivity (Wildman–Crippen MR) is 48.4 cm³/mol. The molecule has 7 nitrogen and oxygen atoms in total. The van der Waals surface area contributed by atoms with Gasteiger partial charge in [0.2, 0.25) is 0 Å². The van der Waals surface area contributed by atoms with Gasteiger partial charge in [-0.25, -0.2) is 4.79 Å². The van der Waals surface area contributed by atoms with E-state index in [-0.39, 0.29) is 12.8 Å². The van der Waals surface area contributed by atoms with Crippen molar-refractivity contribution < 1.29 is 34.7 Å². The van der Waals surface area contributed by atoms with Gasteiger partial charge in [0, 0.05) is 12.8 Å². The average Bonchev–Trinajstić information content (AvgIpc) is 2.22. The normalized spacial score (nSPS) is 47.7. The SMILES string of the molecule is O=C(O)[C@@]12C[C@H](O)C[C@@H](O1)[C@H](O)[C@@H](CO)O2. The van der Waals surface area contributed by atoms with E-state index in [1.807, 2.05) is 0 Å². The topological polar surface area (TPSA) is 116 Å².